The normalized spacial score (nSPS) is 15.5. The highest BCUT2D eigenvalue weighted by Crippen LogP contribution is 2.36. The average molecular weight is 403 g/mol. The first-order chi connectivity index (χ1) is 14.1. The summed E-state index contributed by atoms with van der Waals surface area (Å²) >= 11 is 1.51. The number of hydrogen-bond donors (Lipinski definition) is 2. The minimum absolute atomic E-state index is 0.0340. The highest BCUT2D eigenvalue weighted by atomic mass is 32.2. The van der Waals surface area contributed by atoms with Crippen molar-refractivity contribution in [3.05, 3.63) is 95.6 Å². The summed E-state index contributed by atoms with van der Waals surface area (Å²) in [6.45, 7) is 2.36. The fourth-order valence-corrected chi connectivity index (χ4v) is 4.38. The van der Waals surface area contributed by atoms with E-state index in [-0.39, 0.29) is 23.0 Å². The molecule has 0 spiro atoms. The number of benzene rings is 3. The number of anilines is 1. The van der Waals surface area contributed by atoms with Gasteiger partial charge in [0.2, 0.25) is 5.91 Å². The second kappa shape index (κ2) is 8.53. The Kier molecular flexibility index (Phi) is 5.67. The van der Waals surface area contributed by atoms with Gasteiger partial charge < -0.3 is 10.6 Å². The first-order valence-electron chi connectivity index (χ1n) is 9.61. The summed E-state index contributed by atoms with van der Waals surface area (Å²) in [5.41, 5.74) is 3.55. The van der Waals surface area contributed by atoms with E-state index in [1.54, 1.807) is 6.07 Å². The van der Waals surface area contributed by atoms with Crippen LogP contribution in [0.2, 0.25) is 0 Å². The van der Waals surface area contributed by atoms with Gasteiger partial charge in [-0.25, -0.2) is 0 Å². The van der Waals surface area contributed by atoms with E-state index >= 15 is 0 Å². The van der Waals surface area contributed by atoms with Crippen LogP contribution in [0.5, 0.6) is 0 Å². The lowest BCUT2D eigenvalue weighted by molar-refractivity contribution is -0.115. The van der Waals surface area contributed by atoms with Crippen molar-refractivity contribution < 1.29 is 9.59 Å². The van der Waals surface area contributed by atoms with Crippen molar-refractivity contribution in [3.63, 3.8) is 0 Å². The van der Waals surface area contributed by atoms with Gasteiger partial charge in [-0.2, -0.15) is 0 Å². The average Bonchev–Trinajstić information content (AvgIpc) is 2.76. The number of rotatable bonds is 5. The maximum absolute atomic E-state index is 12.8. The molecule has 0 bridgehead atoms. The second-order valence-corrected chi connectivity index (χ2v) is 8.43. The van der Waals surface area contributed by atoms with Crippen LogP contribution in [0.25, 0.3) is 0 Å². The molecule has 1 heterocycles. The van der Waals surface area contributed by atoms with E-state index in [0.717, 1.165) is 16.0 Å². The minimum atomic E-state index is -0.150. The SMILES string of the molecule is CC1Sc2ccc(C(=O)NCC(c3ccccc3)c3ccccc3)cc2NC1=O. The van der Waals surface area contributed by atoms with Gasteiger partial charge in [-0.05, 0) is 36.2 Å². The molecule has 4 rings (SSSR count). The molecule has 0 aromatic heterocycles. The van der Waals surface area contributed by atoms with Crippen molar-refractivity contribution in [3.8, 4) is 0 Å². The summed E-state index contributed by atoms with van der Waals surface area (Å²) in [6, 6.07) is 25.8. The molecule has 0 saturated carbocycles. The minimum Gasteiger partial charge on any atom is -0.351 e. The molecular weight excluding hydrogens is 380 g/mol. The van der Waals surface area contributed by atoms with E-state index in [1.165, 1.54) is 11.8 Å². The van der Waals surface area contributed by atoms with Gasteiger partial charge in [-0.15, -0.1) is 11.8 Å². The third-order valence-electron chi connectivity index (χ3n) is 5.04. The highest BCUT2D eigenvalue weighted by molar-refractivity contribution is 8.00. The molecule has 29 heavy (non-hydrogen) atoms. The third kappa shape index (κ3) is 4.35. The molecule has 1 aliphatic rings. The molecule has 0 saturated heterocycles. The standard InChI is InChI=1S/C24H22N2O2S/c1-16-23(27)26-21-14-19(12-13-22(21)29-16)24(28)25-15-20(17-8-4-2-5-9-17)18-10-6-3-7-11-18/h2-14,16,20H,15H2,1H3,(H,25,28)(H,26,27). The molecule has 4 nitrogen and oxygen atoms in total. The number of fused-ring (bicyclic) bond motifs is 1. The van der Waals surface area contributed by atoms with Crippen LogP contribution in [0.3, 0.4) is 0 Å². The van der Waals surface area contributed by atoms with Crippen LogP contribution in [0.1, 0.15) is 34.3 Å². The topological polar surface area (TPSA) is 58.2 Å². The number of thioether (sulfide) groups is 1. The molecule has 2 N–H and O–H groups in total. The molecule has 146 valence electrons. The molecule has 0 fully saturated rings. The summed E-state index contributed by atoms with van der Waals surface area (Å²) in [6.07, 6.45) is 0. The van der Waals surface area contributed by atoms with Crippen molar-refractivity contribution in [1.82, 2.24) is 5.32 Å². The molecule has 0 aliphatic carbocycles. The lowest BCUT2D eigenvalue weighted by Gasteiger charge is -2.22. The number of nitrogens with one attached hydrogen (secondary N) is 2. The molecule has 3 aromatic carbocycles. The lowest BCUT2D eigenvalue weighted by atomic mass is 9.91. The maximum Gasteiger partial charge on any atom is 0.251 e. The predicted molar refractivity (Wildman–Crippen MR) is 117 cm³/mol. The van der Waals surface area contributed by atoms with Gasteiger partial charge in [0.25, 0.3) is 5.91 Å². The zero-order valence-electron chi connectivity index (χ0n) is 16.1. The summed E-state index contributed by atoms with van der Waals surface area (Å²) in [5, 5.41) is 5.82. The first-order valence-corrected chi connectivity index (χ1v) is 10.5. The largest absolute Gasteiger partial charge is 0.351 e. The van der Waals surface area contributed by atoms with Gasteiger partial charge in [-0.3, -0.25) is 9.59 Å². The second-order valence-electron chi connectivity index (χ2n) is 7.04. The van der Waals surface area contributed by atoms with E-state index in [2.05, 4.69) is 34.9 Å². The number of amides is 2. The zero-order chi connectivity index (χ0) is 20.2. The summed E-state index contributed by atoms with van der Waals surface area (Å²) in [5.74, 6) is -0.120. The van der Waals surface area contributed by atoms with Gasteiger partial charge >= 0.3 is 0 Å². The summed E-state index contributed by atoms with van der Waals surface area (Å²) < 4.78 is 0. The van der Waals surface area contributed by atoms with E-state index in [9.17, 15) is 9.59 Å². The molecule has 1 aliphatic heterocycles. The van der Waals surface area contributed by atoms with Crippen LogP contribution in [0.4, 0.5) is 5.69 Å². The monoisotopic (exact) mass is 402 g/mol. The Morgan fingerprint density at radius 3 is 2.24 bits per heavy atom. The molecule has 0 radical (unpaired) electrons. The van der Waals surface area contributed by atoms with Crippen molar-refractivity contribution in [2.75, 3.05) is 11.9 Å². The van der Waals surface area contributed by atoms with E-state index in [0.29, 0.717) is 17.8 Å². The van der Waals surface area contributed by atoms with Crippen LogP contribution in [-0.4, -0.2) is 23.6 Å². The fourth-order valence-electron chi connectivity index (χ4n) is 3.45. The van der Waals surface area contributed by atoms with Crippen LogP contribution in [0, 0.1) is 0 Å². The molecular formula is C24H22N2O2S. The Morgan fingerprint density at radius 2 is 1.62 bits per heavy atom. The van der Waals surface area contributed by atoms with Crippen LogP contribution >= 0.6 is 11.8 Å². The van der Waals surface area contributed by atoms with Crippen LogP contribution in [0.15, 0.2) is 83.8 Å². The Bertz CT molecular complexity index is 982. The van der Waals surface area contributed by atoms with Crippen molar-refractivity contribution in [2.24, 2.45) is 0 Å². The molecule has 2 amide bonds. The van der Waals surface area contributed by atoms with Crippen molar-refractivity contribution >= 4 is 29.3 Å². The number of hydrogen-bond acceptors (Lipinski definition) is 3. The number of carbonyl (C=O) groups is 2. The van der Waals surface area contributed by atoms with Crippen molar-refractivity contribution in [1.29, 1.82) is 0 Å². The smallest absolute Gasteiger partial charge is 0.251 e. The quantitative estimate of drug-likeness (QED) is 0.651. The van der Waals surface area contributed by atoms with Gasteiger partial charge in [-0.1, -0.05) is 60.7 Å². The van der Waals surface area contributed by atoms with Gasteiger partial charge in [0, 0.05) is 22.9 Å². The Balaban J connectivity index is 1.52. The lowest BCUT2D eigenvalue weighted by Crippen LogP contribution is -2.30. The van der Waals surface area contributed by atoms with E-state index < -0.39 is 0 Å². The van der Waals surface area contributed by atoms with Gasteiger partial charge in [0.15, 0.2) is 0 Å². The van der Waals surface area contributed by atoms with Crippen molar-refractivity contribution in [2.45, 2.75) is 23.0 Å². The Hall–Kier alpha value is -3.05. The first kappa shape index (κ1) is 19.3. The maximum atomic E-state index is 12.8. The fraction of sp³-hybridized carbons (Fsp3) is 0.167. The third-order valence-corrected chi connectivity index (χ3v) is 6.22. The molecule has 5 heteroatoms. The Labute approximate surface area is 174 Å². The van der Waals surface area contributed by atoms with Crippen LogP contribution < -0.4 is 10.6 Å². The van der Waals surface area contributed by atoms with Crippen LogP contribution in [-0.2, 0) is 4.79 Å². The molecule has 3 aromatic rings. The number of carbonyl (C=O) groups excluding carboxylic acids is 2. The molecule has 1 atom stereocenters. The summed E-state index contributed by atoms with van der Waals surface area (Å²) in [4.78, 5) is 25.7. The zero-order valence-corrected chi connectivity index (χ0v) is 16.9. The van der Waals surface area contributed by atoms with E-state index in [1.807, 2.05) is 55.5 Å². The Morgan fingerprint density at radius 1 is 1.00 bits per heavy atom. The van der Waals surface area contributed by atoms with E-state index in [4.69, 9.17) is 0 Å². The highest BCUT2D eigenvalue weighted by Gasteiger charge is 2.24. The van der Waals surface area contributed by atoms with Gasteiger partial charge in [0.05, 0.1) is 10.9 Å². The van der Waals surface area contributed by atoms with Gasteiger partial charge in [0.1, 0.15) is 0 Å². The molecule has 1 unspecified atom stereocenters. The summed E-state index contributed by atoms with van der Waals surface area (Å²) in [7, 11) is 0. The predicted octanol–water partition coefficient (Wildman–Crippen LogP) is 4.68.